The second kappa shape index (κ2) is 6.12. The Balaban J connectivity index is 0.000000385. The molecule has 5 nitrogen and oxygen atoms in total. The molecular formula is C10H16ClNO4. The average Bonchev–Trinajstić information content (AvgIpc) is 1.99. The first kappa shape index (κ1) is 15.3. The summed E-state index contributed by atoms with van der Waals surface area (Å²) in [7, 11) is -4.94. The van der Waals surface area contributed by atoms with Crippen LogP contribution in [0.15, 0.2) is 18.3 Å². The van der Waals surface area contributed by atoms with Gasteiger partial charge in [0.25, 0.3) is 0 Å². The standard InChI is InChI=1S/C10H16N.ClHO4/c1-8(2)11-6-5-9(3)7-10(11)4;2-1(3,4)5/h5-8H,1-4H3;(H,2,3,4,5)/q+1;/p-1. The first-order chi connectivity index (χ1) is 7.11. The Kier molecular flexibility index (Phi) is 5.85. The van der Waals surface area contributed by atoms with Gasteiger partial charge in [-0.1, -0.05) is 0 Å². The van der Waals surface area contributed by atoms with E-state index in [4.69, 9.17) is 18.6 Å². The van der Waals surface area contributed by atoms with E-state index in [9.17, 15) is 0 Å². The number of hydrogen-bond donors (Lipinski definition) is 0. The van der Waals surface area contributed by atoms with Gasteiger partial charge >= 0.3 is 0 Å². The normalized spacial score (nSPS) is 11.1. The van der Waals surface area contributed by atoms with Crippen LogP contribution in [0.2, 0.25) is 0 Å². The molecule has 0 aliphatic rings. The lowest BCUT2D eigenvalue weighted by Crippen LogP contribution is -2.68. The van der Waals surface area contributed by atoms with Gasteiger partial charge in [0.15, 0.2) is 17.9 Å². The third-order valence-corrected chi connectivity index (χ3v) is 1.90. The van der Waals surface area contributed by atoms with Crippen molar-refractivity contribution in [3.63, 3.8) is 0 Å². The predicted molar refractivity (Wildman–Crippen MR) is 46.5 cm³/mol. The molecule has 92 valence electrons. The van der Waals surface area contributed by atoms with Gasteiger partial charge in [-0.2, -0.15) is 0 Å². The Morgan fingerprint density at radius 1 is 1.12 bits per heavy atom. The smallest absolute Gasteiger partial charge is 0.178 e. The molecule has 0 unspecified atom stereocenters. The lowest BCUT2D eigenvalue weighted by Gasteiger charge is -2.17. The molecule has 0 amide bonds. The first-order valence-corrected chi connectivity index (χ1v) is 5.95. The highest BCUT2D eigenvalue weighted by atomic mass is 35.7. The second-order valence-corrected chi connectivity index (χ2v) is 4.48. The van der Waals surface area contributed by atoms with Crippen LogP contribution in [0.4, 0.5) is 0 Å². The summed E-state index contributed by atoms with van der Waals surface area (Å²) in [6.45, 7) is 8.66. The molecule has 16 heavy (non-hydrogen) atoms. The molecule has 1 aromatic heterocycles. The van der Waals surface area contributed by atoms with Gasteiger partial charge in [0, 0.05) is 19.1 Å². The Bertz CT molecular complexity index is 330. The van der Waals surface area contributed by atoms with Crippen molar-refractivity contribution in [3.8, 4) is 0 Å². The second-order valence-electron chi connectivity index (χ2n) is 3.72. The summed E-state index contributed by atoms with van der Waals surface area (Å²) in [4.78, 5) is 0. The van der Waals surface area contributed by atoms with E-state index in [0.29, 0.717) is 6.04 Å². The molecule has 0 fully saturated rings. The van der Waals surface area contributed by atoms with E-state index >= 15 is 0 Å². The van der Waals surface area contributed by atoms with Crippen LogP contribution in [0, 0.1) is 24.1 Å². The fraction of sp³-hybridized carbons (Fsp3) is 0.500. The summed E-state index contributed by atoms with van der Waals surface area (Å²) in [6.07, 6.45) is 2.15. The van der Waals surface area contributed by atoms with Crippen LogP contribution in [0.3, 0.4) is 0 Å². The van der Waals surface area contributed by atoms with Crippen molar-refractivity contribution in [3.05, 3.63) is 29.6 Å². The zero-order valence-corrected chi connectivity index (χ0v) is 10.5. The minimum absolute atomic E-state index is 0.565. The summed E-state index contributed by atoms with van der Waals surface area (Å²) >= 11 is 0. The van der Waals surface area contributed by atoms with Gasteiger partial charge in [0.05, 0.1) is 0 Å². The van der Waals surface area contributed by atoms with Crippen molar-refractivity contribution in [2.45, 2.75) is 33.7 Å². The highest BCUT2D eigenvalue weighted by Gasteiger charge is 2.08. The van der Waals surface area contributed by atoms with Crippen molar-refractivity contribution < 1.29 is 33.4 Å². The van der Waals surface area contributed by atoms with Crippen molar-refractivity contribution in [1.29, 1.82) is 0 Å². The van der Waals surface area contributed by atoms with Crippen LogP contribution in [-0.4, -0.2) is 0 Å². The molecule has 0 spiro atoms. The van der Waals surface area contributed by atoms with Gasteiger partial charge < -0.3 is 0 Å². The highest BCUT2D eigenvalue weighted by molar-refractivity contribution is 5.08. The molecule has 0 aliphatic carbocycles. The maximum atomic E-state index is 8.49. The Labute approximate surface area is 97.3 Å². The summed E-state index contributed by atoms with van der Waals surface area (Å²) in [6, 6.07) is 4.92. The lowest BCUT2D eigenvalue weighted by molar-refractivity contribution is -2.00. The minimum Gasteiger partial charge on any atom is -0.222 e. The van der Waals surface area contributed by atoms with Gasteiger partial charge in [0.1, 0.15) is 0 Å². The van der Waals surface area contributed by atoms with Crippen molar-refractivity contribution >= 4 is 0 Å². The molecule has 0 radical (unpaired) electrons. The van der Waals surface area contributed by atoms with Crippen molar-refractivity contribution in [2.75, 3.05) is 0 Å². The largest absolute Gasteiger partial charge is 0.222 e. The fourth-order valence-corrected chi connectivity index (χ4v) is 1.35. The number of halogens is 1. The molecule has 1 rings (SSSR count). The average molecular weight is 250 g/mol. The third kappa shape index (κ3) is 7.56. The summed E-state index contributed by atoms with van der Waals surface area (Å²) in [5.41, 5.74) is 2.67. The topological polar surface area (TPSA) is 96.1 Å². The van der Waals surface area contributed by atoms with E-state index in [1.807, 2.05) is 0 Å². The van der Waals surface area contributed by atoms with Gasteiger partial charge in [-0.05, 0) is 26.3 Å². The molecule has 0 aromatic carbocycles. The van der Waals surface area contributed by atoms with Gasteiger partial charge in [-0.25, -0.2) is 23.2 Å². The van der Waals surface area contributed by atoms with E-state index in [1.54, 1.807) is 0 Å². The van der Waals surface area contributed by atoms with Crippen molar-refractivity contribution in [2.24, 2.45) is 0 Å². The maximum Gasteiger partial charge on any atom is 0.178 e. The third-order valence-electron chi connectivity index (χ3n) is 1.90. The lowest BCUT2D eigenvalue weighted by atomic mass is 10.2. The van der Waals surface area contributed by atoms with E-state index in [0.717, 1.165) is 0 Å². The van der Waals surface area contributed by atoms with Gasteiger partial charge in [-0.15, -0.1) is 10.2 Å². The van der Waals surface area contributed by atoms with Crippen LogP contribution < -0.4 is 23.2 Å². The molecule has 0 N–H and O–H groups in total. The van der Waals surface area contributed by atoms with Crippen LogP contribution in [-0.2, 0) is 0 Å². The van der Waals surface area contributed by atoms with E-state index in [2.05, 4.69) is 50.6 Å². The van der Waals surface area contributed by atoms with Crippen LogP contribution >= 0.6 is 0 Å². The summed E-state index contributed by atoms with van der Waals surface area (Å²) in [5, 5.41) is 0. The molecule has 0 saturated carbocycles. The van der Waals surface area contributed by atoms with Crippen molar-refractivity contribution in [1.82, 2.24) is 0 Å². The van der Waals surface area contributed by atoms with Gasteiger partial charge in [-0.3, -0.25) is 0 Å². The predicted octanol–water partition coefficient (Wildman–Crippen LogP) is -2.58. The molecule has 0 atom stereocenters. The quantitative estimate of drug-likeness (QED) is 0.511. The number of nitrogens with zero attached hydrogens (tertiary/aromatic N) is 1. The SMILES string of the molecule is Cc1cc[n+](C(C)C)c(C)c1.[O-][Cl+3]([O-])([O-])[O-]. The van der Waals surface area contributed by atoms with Crippen LogP contribution in [0.25, 0.3) is 0 Å². The zero-order valence-electron chi connectivity index (χ0n) is 9.77. The summed E-state index contributed by atoms with van der Waals surface area (Å²) < 4.78 is 36.2. The number of aryl methyl sites for hydroxylation is 2. The Hall–Kier alpha value is -0.720. The molecule has 1 heterocycles. The molecule has 6 heteroatoms. The molecule has 0 bridgehead atoms. The molecule has 0 aliphatic heterocycles. The zero-order chi connectivity index (χ0) is 12.9. The first-order valence-electron chi connectivity index (χ1n) is 4.71. The van der Waals surface area contributed by atoms with Crippen LogP contribution in [0.5, 0.6) is 0 Å². The maximum absolute atomic E-state index is 8.49. The van der Waals surface area contributed by atoms with E-state index in [1.165, 1.54) is 11.3 Å². The Morgan fingerprint density at radius 2 is 1.56 bits per heavy atom. The Morgan fingerprint density at radius 3 is 1.88 bits per heavy atom. The van der Waals surface area contributed by atoms with E-state index in [-0.39, 0.29) is 0 Å². The van der Waals surface area contributed by atoms with Gasteiger partial charge in [0.2, 0.25) is 0 Å². The number of rotatable bonds is 1. The molecule has 1 aromatic rings. The number of hydrogen-bond acceptors (Lipinski definition) is 4. The monoisotopic (exact) mass is 249 g/mol. The fourth-order valence-electron chi connectivity index (χ4n) is 1.35. The molecule has 0 saturated heterocycles. The minimum atomic E-state index is -4.94. The summed E-state index contributed by atoms with van der Waals surface area (Å²) in [5.74, 6) is 0. The number of aromatic nitrogens is 1. The highest BCUT2D eigenvalue weighted by Crippen LogP contribution is 2.00. The van der Waals surface area contributed by atoms with E-state index < -0.39 is 10.2 Å². The van der Waals surface area contributed by atoms with Crippen LogP contribution in [0.1, 0.15) is 31.1 Å². The number of pyridine rings is 1. The molecular weight excluding hydrogens is 234 g/mol.